The van der Waals surface area contributed by atoms with E-state index in [1.54, 1.807) is 0 Å². The van der Waals surface area contributed by atoms with E-state index in [0.29, 0.717) is 12.5 Å². The Kier molecular flexibility index (Phi) is 4.71. The second-order valence-electron chi connectivity index (χ2n) is 3.69. The molecule has 0 bridgehead atoms. The van der Waals surface area contributed by atoms with Gasteiger partial charge in [-0.05, 0) is 6.07 Å². The van der Waals surface area contributed by atoms with E-state index in [0.717, 1.165) is 19.2 Å². The van der Waals surface area contributed by atoms with E-state index in [1.165, 1.54) is 0 Å². The van der Waals surface area contributed by atoms with Crippen molar-refractivity contribution >= 4 is 16.1 Å². The summed E-state index contributed by atoms with van der Waals surface area (Å²) in [6.07, 6.45) is -6.42. The van der Waals surface area contributed by atoms with Crippen molar-refractivity contribution in [2.45, 2.75) is 12.3 Å². The first-order chi connectivity index (χ1) is 9.04. The van der Waals surface area contributed by atoms with Crippen molar-refractivity contribution in [3.05, 3.63) is 29.6 Å². The van der Waals surface area contributed by atoms with Crippen LogP contribution in [0.2, 0.25) is 0 Å². The monoisotopic (exact) mass is 313 g/mol. The Morgan fingerprint density at radius 3 is 2.30 bits per heavy atom. The van der Waals surface area contributed by atoms with Crippen LogP contribution in [0.15, 0.2) is 18.3 Å². The zero-order valence-electron chi connectivity index (χ0n) is 10.3. The molecule has 1 aromatic rings. The summed E-state index contributed by atoms with van der Waals surface area (Å²) in [4.78, 5) is 14.6. The predicted molar refractivity (Wildman–Crippen MR) is 60.3 cm³/mol. The number of carbonyl (C=O) groups excluding carboxylic acids is 1. The molecule has 10 heteroatoms. The van der Waals surface area contributed by atoms with E-state index in [2.05, 4.69) is 13.9 Å². The average Bonchev–Trinajstić information content (AvgIpc) is 2.33. The Morgan fingerprint density at radius 1 is 1.35 bits per heavy atom. The molecule has 20 heavy (non-hydrogen) atoms. The molecule has 1 rings (SSSR count). The summed E-state index contributed by atoms with van der Waals surface area (Å²) >= 11 is 0. The van der Waals surface area contributed by atoms with E-state index in [4.69, 9.17) is 0 Å². The molecule has 0 aliphatic carbocycles. The lowest BCUT2D eigenvalue weighted by Crippen LogP contribution is -2.26. The van der Waals surface area contributed by atoms with Crippen molar-refractivity contribution in [1.29, 1.82) is 0 Å². The van der Waals surface area contributed by atoms with Gasteiger partial charge in [-0.15, -0.1) is 0 Å². The van der Waals surface area contributed by atoms with E-state index < -0.39 is 33.9 Å². The van der Waals surface area contributed by atoms with Gasteiger partial charge in [0.15, 0.2) is 6.10 Å². The van der Waals surface area contributed by atoms with Gasteiger partial charge in [-0.25, -0.2) is 9.78 Å². The van der Waals surface area contributed by atoms with Crippen molar-refractivity contribution in [3.63, 3.8) is 0 Å². The van der Waals surface area contributed by atoms with Gasteiger partial charge in [0.2, 0.25) is 0 Å². The van der Waals surface area contributed by atoms with E-state index in [1.807, 2.05) is 0 Å². The average molecular weight is 313 g/mol. The van der Waals surface area contributed by atoms with Crippen molar-refractivity contribution in [2.24, 2.45) is 0 Å². The molecule has 0 amide bonds. The lowest BCUT2D eigenvalue weighted by molar-refractivity contribution is -0.196. The number of aromatic nitrogens is 1. The van der Waals surface area contributed by atoms with Crippen molar-refractivity contribution in [3.8, 4) is 0 Å². The van der Waals surface area contributed by atoms with E-state index >= 15 is 0 Å². The maximum atomic E-state index is 12.8. The fourth-order valence-electron chi connectivity index (χ4n) is 1.26. The van der Waals surface area contributed by atoms with Crippen LogP contribution in [0.1, 0.15) is 22.2 Å². The van der Waals surface area contributed by atoms with Gasteiger partial charge in [0.25, 0.3) is 10.1 Å². The number of rotatable bonds is 4. The third-order valence-electron chi connectivity index (χ3n) is 2.05. The van der Waals surface area contributed by atoms with E-state index in [-0.39, 0.29) is 5.69 Å². The molecule has 1 aromatic heterocycles. The second-order valence-corrected chi connectivity index (χ2v) is 5.29. The normalized spacial score (nSPS) is 13.8. The molecule has 0 fully saturated rings. The van der Waals surface area contributed by atoms with E-state index in [9.17, 15) is 26.4 Å². The first kappa shape index (κ1) is 16.4. The molecule has 1 unspecified atom stereocenters. The summed E-state index contributed by atoms with van der Waals surface area (Å²) in [5.41, 5.74) is -0.757. The standard InChI is InChI=1S/C10H10F3NO5S/c1-18-9(15)7-4-3-6(5-14-7)8(10(11,12)13)19-20(2,16)17/h3-5,8H,1-2H3. The van der Waals surface area contributed by atoms with Crippen LogP contribution in [0.25, 0.3) is 0 Å². The third-order valence-corrected chi connectivity index (χ3v) is 2.59. The van der Waals surface area contributed by atoms with Crippen LogP contribution in [-0.2, 0) is 19.0 Å². The molecular formula is C10H10F3NO5S. The van der Waals surface area contributed by atoms with Crippen LogP contribution < -0.4 is 0 Å². The highest BCUT2D eigenvalue weighted by molar-refractivity contribution is 7.86. The van der Waals surface area contributed by atoms with Crippen LogP contribution in [0.5, 0.6) is 0 Å². The Labute approximate surface area is 112 Å². The lowest BCUT2D eigenvalue weighted by atomic mass is 10.1. The molecule has 0 saturated carbocycles. The molecule has 0 saturated heterocycles. The molecule has 1 atom stereocenters. The minimum absolute atomic E-state index is 0.212. The molecule has 0 aliphatic rings. The Morgan fingerprint density at radius 2 is 1.95 bits per heavy atom. The molecule has 0 radical (unpaired) electrons. The fraction of sp³-hybridized carbons (Fsp3) is 0.400. The first-order valence-electron chi connectivity index (χ1n) is 5.04. The SMILES string of the molecule is COC(=O)c1ccc(C(OS(C)(=O)=O)C(F)(F)F)cn1. The zero-order chi connectivity index (χ0) is 15.6. The minimum atomic E-state index is -4.95. The molecule has 0 aromatic carbocycles. The van der Waals surface area contributed by atoms with Crippen LogP contribution in [0.4, 0.5) is 13.2 Å². The van der Waals surface area contributed by atoms with Crippen LogP contribution in [0, 0.1) is 0 Å². The molecule has 6 nitrogen and oxygen atoms in total. The van der Waals surface area contributed by atoms with Crippen LogP contribution >= 0.6 is 0 Å². The second kappa shape index (κ2) is 5.75. The molecule has 112 valence electrons. The molecule has 0 N–H and O–H groups in total. The predicted octanol–water partition coefficient (Wildman–Crippen LogP) is 1.45. The number of hydrogen-bond donors (Lipinski definition) is 0. The summed E-state index contributed by atoms with van der Waals surface area (Å²) in [5, 5.41) is 0. The van der Waals surface area contributed by atoms with Gasteiger partial charge < -0.3 is 4.74 Å². The zero-order valence-corrected chi connectivity index (χ0v) is 11.2. The Hall–Kier alpha value is -1.68. The maximum Gasteiger partial charge on any atom is 0.420 e. The number of hydrogen-bond acceptors (Lipinski definition) is 6. The largest absolute Gasteiger partial charge is 0.464 e. The molecule has 0 aliphatic heterocycles. The Balaban J connectivity index is 3.13. The number of halogens is 3. The lowest BCUT2D eigenvalue weighted by Gasteiger charge is -2.19. The van der Waals surface area contributed by atoms with Gasteiger partial charge in [-0.2, -0.15) is 21.6 Å². The van der Waals surface area contributed by atoms with Crippen molar-refractivity contribution in [1.82, 2.24) is 4.98 Å². The maximum absolute atomic E-state index is 12.8. The highest BCUT2D eigenvalue weighted by Crippen LogP contribution is 2.36. The van der Waals surface area contributed by atoms with Crippen molar-refractivity contribution in [2.75, 3.05) is 13.4 Å². The summed E-state index contributed by atoms with van der Waals surface area (Å²) in [5.74, 6) is -0.829. The smallest absolute Gasteiger partial charge is 0.420 e. The van der Waals surface area contributed by atoms with Gasteiger partial charge in [0, 0.05) is 11.8 Å². The van der Waals surface area contributed by atoms with Gasteiger partial charge in [-0.3, -0.25) is 4.18 Å². The Bertz CT molecular complexity index is 582. The summed E-state index contributed by atoms with van der Waals surface area (Å²) in [6.45, 7) is 0. The van der Waals surface area contributed by atoms with Crippen LogP contribution in [-0.4, -0.2) is 38.9 Å². The molecular weight excluding hydrogens is 303 g/mol. The van der Waals surface area contributed by atoms with Gasteiger partial charge in [-0.1, -0.05) is 6.07 Å². The number of pyridine rings is 1. The summed E-state index contributed by atoms with van der Waals surface area (Å²) in [6, 6.07) is 1.87. The number of carbonyl (C=O) groups is 1. The van der Waals surface area contributed by atoms with Gasteiger partial charge in [0.1, 0.15) is 5.69 Å². The van der Waals surface area contributed by atoms with Gasteiger partial charge >= 0.3 is 12.1 Å². The number of ether oxygens (including phenoxy) is 1. The molecule has 1 heterocycles. The minimum Gasteiger partial charge on any atom is -0.464 e. The first-order valence-corrected chi connectivity index (χ1v) is 6.85. The highest BCUT2D eigenvalue weighted by atomic mass is 32.2. The highest BCUT2D eigenvalue weighted by Gasteiger charge is 2.44. The van der Waals surface area contributed by atoms with Crippen LogP contribution in [0.3, 0.4) is 0 Å². The topological polar surface area (TPSA) is 82.6 Å². The number of esters is 1. The fourth-order valence-corrected chi connectivity index (χ4v) is 1.83. The third kappa shape index (κ3) is 4.46. The number of alkyl halides is 3. The quantitative estimate of drug-likeness (QED) is 0.618. The molecule has 0 spiro atoms. The summed E-state index contributed by atoms with van der Waals surface area (Å²) in [7, 11) is -3.24. The number of nitrogens with zero attached hydrogens (tertiary/aromatic N) is 1. The summed E-state index contributed by atoms with van der Waals surface area (Å²) < 4.78 is 68.3. The van der Waals surface area contributed by atoms with Crippen molar-refractivity contribution < 1.29 is 35.3 Å². The number of methoxy groups -OCH3 is 1. The van der Waals surface area contributed by atoms with Gasteiger partial charge in [0.05, 0.1) is 13.4 Å².